The summed E-state index contributed by atoms with van der Waals surface area (Å²) in [5.74, 6) is -1.27. The molecule has 5 rings (SSSR count). The molecule has 0 bridgehead atoms. The van der Waals surface area contributed by atoms with Crippen LogP contribution in [0.2, 0.25) is 0 Å². The van der Waals surface area contributed by atoms with Gasteiger partial charge in [0.15, 0.2) is 0 Å². The molecule has 152 valence electrons. The molecule has 3 amide bonds. The van der Waals surface area contributed by atoms with E-state index in [2.05, 4.69) is 4.98 Å². The highest BCUT2D eigenvalue weighted by Crippen LogP contribution is 2.32. The van der Waals surface area contributed by atoms with Crippen molar-refractivity contribution >= 4 is 28.6 Å². The van der Waals surface area contributed by atoms with Crippen LogP contribution in [0, 0.1) is 0 Å². The predicted molar refractivity (Wildman–Crippen MR) is 110 cm³/mol. The number of amides is 3. The van der Waals surface area contributed by atoms with Crippen molar-refractivity contribution in [3.05, 3.63) is 70.9 Å². The number of hydrogen-bond donors (Lipinski definition) is 2. The van der Waals surface area contributed by atoms with Gasteiger partial charge < -0.3 is 15.0 Å². The van der Waals surface area contributed by atoms with Gasteiger partial charge in [0.2, 0.25) is 5.91 Å². The van der Waals surface area contributed by atoms with Crippen LogP contribution in [-0.4, -0.2) is 56.3 Å². The van der Waals surface area contributed by atoms with Crippen LogP contribution in [0.3, 0.4) is 0 Å². The number of para-hydroxylation sites is 1. The number of imide groups is 1. The van der Waals surface area contributed by atoms with Crippen LogP contribution in [0.15, 0.2) is 48.5 Å². The van der Waals surface area contributed by atoms with E-state index in [1.165, 1.54) is 0 Å². The highest BCUT2D eigenvalue weighted by Gasteiger charge is 2.43. The molecule has 0 radical (unpaired) electrons. The van der Waals surface area contributed by atoms with Crippen LogP contribution < -0.4 is 0 Å². The van der Waals surface area contributed by atoms with Gasteiger partial charge >= 0.3 is 0 Å². The number of aliphatic hydroxyl groups is 1. The zero-order valence-corrected chi connectivity index (χ0v) is 16.5. The minimum atomic E-state index is -0.961. The summed E-state index contributed by atoms with van der Waals surface area (Å²) in [4.78, 5) is 44.9. The van der Waals surface area contributed by atoms with Crippen molar-refractivity contribution in [1.29, 1.82) is 0 Å². The summed E-state index contributed by atoms with van der Waals surface area (Å²) in [5.41, 5.74) is 3.64. The van der Waals surface area contributed by atoms with Crippen molar-refractivity contribution in [2.24, 2.45) is 0 Å². The monoisotopic (exact) mass is 403 g/mol. The number of aliphatic hydroxyl groups excluding tert-OH is 1. The van der Waals surface area contributed by atoms with Crippen molar-refractivity contribution in [3.8, 4) is 0 Å². The number of nitrogens with zero attached hydrogens (tertiary/aromatic N) is 2. The van der Waals surface area contributed by atoms with Gasteiger partial charge in [0.05, 0.1) is 30.3 Å². The van der Waals surface area contributed by atoms with Gasteiger partial charge in [0, 0.05) is 16.6 Å². The standard InChI is InChI=1S/C23H21N3O4/c1-13(26-22(29)16-7-2-3-8-17(16)23(26)30)21(28)25-11-20-18(10-14(25)12-27)15-6-4-5-9-19(15)24-20/h2-9,13-14,24,27H,10-12H2,1H3. The molecular weight excluding hydrogens is 382 g/mol. The maximum atomic E-state index is 13.4. The Labute approximate surface area is 172 Å². The molecule has 3 heterocycles. The number of nitrogens with one attached hydrogen (secondary N) is 1. The van der Waals surface area contributed by atoms with Crippen molar-refractivity contribution < 1.29 is 19.5 Å². The van der Waals surface area contributed by atoms with Crippen LogP contribution in [0.25, 0.3) is 10.9 Å². The normalized spacial score (nSPS) is 19.2. The number of rotatable bonds is 3. The third-order valence-corrected chi connectivity index (χ3v) is 6.17. The maximum absolute atomic E-state index is 13.4. The molecule has 2 aliphatic rings. The Morgan fingerprint density at radius 1 is 1.10 bits per heavy atom. The van der Waals surface area contributed by atoms with Gasteiger partial charge in [-0.3, -0.25) is 19.3 Å². The lowest BCUT2D eigenvalue weighted by molar-refractivity contribution is -0.139. The van der Waals surface area contributed by atoms with E-state index in [0.29, 0.717) is 24.1 Å². The molecule has 7 heteroatoms. The molecule has 0 saturated heterocycles. The molecule has 0 fully saturated rings. The number of hydrogen-bond acceptors (Lipinski definition) is 4. The number of benzene rings is 2. The Bertz CT molecular complexity index is 1160. The molecule has 0 aliphatic carbocycles. The molecule has 3 aromatic rings. The van der Waals surface area contributed by atoms with Crippen molar-refractivity contribution in [3.63, 3.8) is 0 Å². The first-order chi connectivity index (χ1) is 14.5. The molecule has 7 nitrogen and oxygen atoms in total. The first kappa shape index (κ1) is 18.6. The van der Waals surface area contributed by atoms with Crippen molar-refractivity contribution in [2.75, 3.05) is 6.61 Å². The third-order valence-electron chi connectivity index (χ3n) is 6.17. The van der Waals surface area contributed by atoms with Crippen LogP contribution in [-0.2, 0) is 17.8 Å². The minimum absolute atomic E-state index is 0.195. The quantitative estimate of drug-likeness (QED) is 0.655. The SMILES string of the molecule is CC(C(=O)N1Cc2[nH]c3ccccc3c2CC1CO)N1C(=O)c2ccccc2C1=O. The first-order valence-electron chi connectivity index (χ1n) is 9.98. The number of carbonyl (C=O) groups is 3. The predicted octanol–water partition coefficient (Wildman–Crippen LogP) is 2.10. The lowest BCUT2D eigenvalue weighted by Crippen LogP contribution is -2.54. The van der Waals surface area contributed by atoms with Crippen LogP contribution in [0.4, 0.5) is 0 Å². The minimum Gasteiger partial charge on any atom is -0.394 e. The van der Waals surface area contributed by atoms with E-state index in [4.69, 9.17) is 0 Å². The number of H-pyrrole nitrogens is 1. The van der Waals surface area contributed by atoms with Gasteiger partial charge in [0.1, 0.15) is 6.04 Å². The van der Waals surface area contributed by atoms with Gasteiger partial charge in [-0.05, 0) is 37.1 Å². The third kappa shape index (κ3) is 2.59. The molecule has 2 atom stereocenters. The van der Waals surface area contributed by atoms with Crippen LogP contribution >= 0.6 is 0 Å². The van der Waals surface area contributed by atoms with Gasteiger partial charge in [0.25, 0.3) is 11.8 Å². The second-order valence-corrected chi connectivity index (χ2v) is 7.84. The number of carbonyl (C=O) groups excluding carboxylic acids is 3. The van der Waals surface area contributed by atoms with Crippen LogP contribution in [0.1, 0.15) is 38.9 Å². The van der Waals surface area contributed by atoms with E-state index in [9.17, 15) is 19.5 Å². The summed E-state index contributed by atoms with van der Waals surface area (Å²) < 4.78 is 0. The Morgan fingerprint density at radius 3 is 2.40 bits per heavy atom. The smallest absolute Gasteiger partial charge is 0.262 e. The van der Waals surface area contributed by atoms with E-state index in [0.717, 1.165) is 27.1 Å². The number of fused-ring (bicyclic) bond motifs is 4. The zero-order valence-electron chi connectivity index (χ0n) is 16.5. The lowest BCUT2D eigenvalue weighted by Gasteiger charge is -2.37. The average molecular weight is 403 g/mol. The molecule has 0 saturated carbocycles. The number of aromatic nitrogens is 1. The van der Waals surface area contributed by atoms with Gasteiger partial charge in [-0.2, -0.15) is 0 Å². The largest absolute Gasteiger partial charge is 0.394 e. The molecular formula is C23H21N3O4. The van der Waals surface area contributed by atoms with Crippen molar-refractivity contribution in [1.82, 2.24) is 14.8 Å². The summed E-state index contributed by atoms with van der Waals surface area (Å²) in [6.07, 6.45) is 0.510. The van der Waals surface area contributed by atoms with E-state index < -0.39 is 23.9 Å². The van der Waals surface area contributed by atoms with E-state index in [-0.39, 0.29) is 12.5 Å². The molecule has 1 aromatic heterocycles. The molecule has 2 N–H and O–H groups in total. The summed E-state index contributed by atoms with van der Waals surface area (Å²) in [5, 5.41) is 11.1. The second-order valence-electron chi connectivity index (χ2n) is 7.84. The summed E-state index contributed by atoms with van der Waals surface area (Å²) in [6, 6.07) is 13.1. The van der Waals surface area contributed by atoms with E-state index in [1.807, 2.05) is 24.3 Å². The van der Waals surface area contributed by atoms with Crippen molar-refractivity contribution in [2.45, 2.75) is 32.0 Å². The topological polar surface area (TPSA) is 93.7 Å². The summed E-state index contributed by atoms with van der Waals surface area (Å²) >= 11 is 0. The maximum Gasteiger partial charge on any atom is 0.262 e. The van der Waals surface area contributed by atoms with Gasteiger partial charge in [-0.1, -0.05) is 30.3 Å². The van der Waals surface area contributed by atoms with Gasteiger partial charge in [-0.15, -0.1) is 0 Å². The molecule has 2 aliphatic heterocycles. The summed E-state index contributed by atoms with van der Waals surface area (Å²) in [7, 11) is 0. The highest BCUT2D eigenvalue weighted by atomic mass is 16.3. The lowest BCUT2D eigenvalue weighted by atomic mass is 9.96. The Kier molecular flexibility index (Phi) is 4.22. The Balaban J connectivity index is 1.46. The fourth-order valence-corrected chi connectivity index (χ4v) is 4.60. The molecule has 2 unspecified atom stereocenters. The van der Waals surface area contributed by atoms with Gasteiger partial charge in [-0.25, -0.2) is 0 Å². The number of aromatic amines is 1. The second kappa shape index (κ2) is 6.81. The summed E-state index contributed by atoms with van der Waals surface area (Å²) in [6.45, 7) is 1.67. The fourth-order valence-electron chi connectivity index (χ4n) is 4.60. The average Bonchev–Trinajstić information content (AvgIpc) is 3.26. The van der Waals surface area contributed by atoms with E-state index >= 15 is 0 Å². The fraction of sp³-hybridized carbons (Fsp3) is 0.261. The molecule has 30 heavy (non-hydrogen) atoms. The van der Waals surface area contributed by atoms with Crippen LogP contribution in [0.5, 0.6) is 0 Å². The molecule has 0 spiro atoms. The Morgan fingerprint density at radius 2 is 1.73 bits per heavy atom. The molecule has 2 aromatic carbocycles. The first-order valence-corrected chi connectivity index (χ1v) is 9.98. The highest BCUT2D eigenvalue weighted by molar-refractivity contribution is 6.22. The van der Waals surface area contributed by atoms with E-state index in [1.54, 1.807) is 36.1 Å². The Hall–Kier alpha value is -3.45. The zero-order chi connectivity index (χ0) is 21.0.